The number of nitrogens with zero attached hydrogens (tertiary/aromatic N) is 3. The summed E-state index contributed by atoms with van der Waals surface area (Å²) in [7, 11) is 1.81. The van der Waals surface area contributed by atoms with Crippen LogP contribution in [0, 0.1) is 5.41 Å². The molecule has 0 aliphatic carbocycles. The smallest absolute Gasteiger partial charge is 0.410 e. The summed E-state index contributed by atoms with van der Waals surface area (Å²) in [6.45, 7) is 7.89. The monoisotopic (exact) mass is 337 g/mol. The van der Waals surface area contributed by atoms with E-state index in [4.69, 9.17) is 4.74 Å². The first-order valence-electron chi connectivity index (χ1n) is 8.29. The first-order chi connectivity index (χ1) is 11.1. The van der Waals surface area contributed by atoms with E-state index in [-0.39, 0.29) is 12.5 Å². The molecule has 2 heterocycles. The number of ether oxygens (including phenoxy) is 1. The highest BCUT2D eigenvalue weighted by molar-refractivity contribution is 5.78. The number of aryl methyl sites for hydroxylation is 1. The maximum Gasteiger partial charge on any atom is 0.410 e. The molecule has 0 bridgehead atoms. The van der Waals surface area contributed by atoms with Gasteiger partial charge < -0.3 is 14.7 Å². The third-order valence-corrected chi connectivity index (χ3v) is 4.66. The van der Waals surface area contributed by atoms with Crippen molar-refractivity contribution < 1.29 is 19.4 Å². The van der Waals surface area contributed by atoms with E-state index in [0.29, 0.717) is 19.4 Å². The van der Waals surface area contributed by atoms with Gasteiger partial charge in [-0.2, -0.15) is 5.10 Å². The minimum absolute atomic E-state index is 0.146. The van der Waals surface area contributed by atoms with Gasteiger partial charge in [0.15, 0.2) is 0 Å². The second-order valence-corrected chi connectivity index (χ2v) is 7.51. The fourth-order valence-corrected chi connectivity index (χ4v) is 3.41. The summed E-state index contributed by atoms with van der Waals surface area (Å²) in [5.41, 5.74) is -0.723. The normalized spacial score (nSPS) is 24.7. The summed E-state index contributed by atoms with van der Waals surface area (Å²) >= 11 is 0. The molecule has 0 aromatic carbocycles. The number of amides is 1. The van der Waals surface area contributed by atoms with Crippen LogP contribution in [0.15, 0.2) is 12.4 Å². The van der Waals surface area contributed by atoms with Crippen LogP contribution in [0.5, 0.6) is 0 Å². The van der Waals surface area contributed by atoms with Crippen LogP contribution in [-0.2, 0) is 16.6 Å². The fourth-order valence-electron chi connectivity index (χ4n) is 3.41. The SMILES string of the molecule is CCC1(C(=O)O)CN(C(=O)OC(C)(C)C)CCC1c1cnn(C)c1. The zero-order chi connectivity index (χ0) is 18.1. The summed E-state index contributed by atoms with van der Waals surface area (Å²) in [5.74, 6) is -1.06. The van der Waals surface area contributed by atoms with Crippen molar-refractivity contribution >= 4 is 12.1 Å². The number of carboxylic acid groups (broad SMARTS) is 1. The summed E-state index contributed by atoms with van der Waals surface area (Å²) in [6, 6.07) is 0. The Bertz CT molecular complexity index is 620. The number of carbonyl (C=O) groups is 2. The highest BCUT2D eigenvalue weighted by atomic mass is 16.6. The number of likely N-dealkylation sites (tertiary alicyclic amines) is 1. The summed E-state index contributed by atoms with van der Waals surface area (Å²) < 4.78 is 7.10. The molecule has 24 heavy (non-hydrogen) atoms. The minimum atomic E-state index is -1.03. The Morgan fingerprint density at radius 2 is 2.12 bits per heavy atom. The van der Waals surface area contributed by atoms with Gasteiger partial charge in [-0.05, 0) is 39.2 Å². The lowest BCUT2D eigenvalue weighted by Crippen LogP contribution is -2.54. The van der Waals surface area contributed by atoms with E-state index in [2.05, 4.69) is 5.10 Å². The van der Waals surface area contributed by atoms with Crippen LogP contribution in [0.1, 0.15) is 52.0 Å². The van der Waals surface area contributed by atoms with Crippen LogP contribution in [-0.4, -0.2) is 50.5 Å². The predicted molar refractivity (Wildman–Crippen MR) is 88.7 cm³/mol. The Morgan fingerprint density at radius 3 is 2.58 bits per heavy atom. The minimum Gasteiger partial charge on any atom is -0.481 e. The first kappa shape index (κ1) is 18.3. The Balaban J connectivity index is 2.29. The molecule has 134 valence electrons. The van der Waals surface area contributed by atoms with Crippen LogP contribution >= 0.6 is 0 Å². The average molecular weight is 337 g/mol. The Hall–Kier alpha value is -2.05. The van der Waals surface area contributed by atoms with Gasteiger partial charge in [-0.3, -0.25) is 9.48 Å². The zero-order valence-corrected chi connectivity index (χ0v) is 15.1. The van der Waals surface area contributed by atoms with Gasteiger partial charge in [0, 0.05) is 32.3 Å². The van der Waals surface area contributed by atoms with Crippen LogP contribution in [0.25, 0.3) is 0 Å². The molecule has 1 aromatic heterocycles. The van der Waals surface area contributed by atoms with Gasteiger partial charge in [0.2, 0.25) is 0 Å². The molecular weight excluding hydrogens is 310 g/mol. The van der Waals surface area contributed by atoms with Gasteiger partial charge in [-0.15, -0.1) is 0 Å². The molecule has 0 saturated carbocycles. The maximum absolute atomic E-state index is 12.4. The molecule has 1 aliphatic heterocycles. The lowest BCUT2D eigenvalue weighted by molar-refractivity contribution is -0.154. The van der Waals surface area contributed by atoms with Crippen molar-refractivity contribution in [1.82, 2.24) is 14.7 Å². The number of carboxylic acids is 1. The van der Waals surface area contributed by atoms with Crippen molar-refractivity contribution in [1.29, 1.82) is 0 Å². The third kappa shape index (κ3) is 3.55. The van der Waals surface area contributed by atoms with E-state index in [1.807, 2.05) is 20.2 Å². The van der Waals surface area contributed by atoms with Crippen LogP contribution in [0.4, 0.5) is 4.79 Å². The lowest BCUT2D eigenvalue weighted by atomic mass is 9.67. The predicted octanol–water partition coefficient (Wildman–Crippen LogP) is 2.63. The zero-order valence-electron chi connectivity index (χ0n) is 15.1. The van der Waals surface area contributed by atoms with Crippen LogP contribution in [0.2, 0.25) is 0 Å². The topological polar surface area (TPSA) is 84.7 Å². The number of aliphatic carboxylic acids is 1. The van der Waals surface area contributed by atoms with Crippen molar-refractivity contribution in [2.75, 3.05) is 13.1 Å². The molecule has 7 nitrogen and oxygen atoms in total. The standard InChI is InChI=1S/C17H27N3O4/c1-6-17(14(21)22)11-20(15(23)24-16(2,3)4)8-7-13(17)12-9-18-19(5)10-12/h9-10,13H,6-8,11H2,1-5H3,(H,21,22). The van der Waals surface area contributed by atoms with Crippen molar-refractivity contribution in [3.05, 3.63) is 18.0 Å². The molecule has 2 rings (SSSR count). The molecule has 1 saturated heterocycles. The quantitative estimate of drug-likeness (QED) is 0.916. The van der Waals surface area contributed by atoms with E-state index in [0.717, 1.165) is 5.56 Å². The van der Waals surface area contributed by atoms with Crippen molar-refractivity contribution in [2.24, 2.45) is 12.5 Å². The first-order valence-corrected chi connectivity index (χ1v) is 8.29. The van der Waals surface area contributed by atoms with Gasteiger partial charge >= 0.3 is 12.1 Å². The summed E-state index contributed by atoms with van der Waals surface area (Å²) in [4.78, 5) is 26.1. The van der Waals surface area contributed by atoms with Gasteiger partial charge in [0.05, 0.1) is 11.6 Å². The van der Waals surface area contributed by atoms with E-state index in [1.54, 1.807) is 31.6 Å². The Kier molecular flexibility index (Phi) is 4.92. The molecule has 1 amide bonds. The number of hydrogen-bond acceptors (Lipinski definition) is 4. The van der Waals surface area contributed by atoms with E-state index in [9.17, 15) is 14.7 Å². The van der Waals surface area contributed by atoms with Crippen molar-refractivity contribution in [2.45, 2.75) is 52.1 Å². The average Bonchev–Trinajstić information content (AvgIpc) is 2.90. The van der Waals surface area contributed by atoms with E-state index >= 15 is 0 Å². The molecule has 7 heteroatoms. The Morgan fingerprint density at radius 1 is 1.46 bits per heavy atom. The number of hydrogen-bond donors (Lipinski definition) is 1. The molecule has 1 N–H and O–H groups in total. The number of aromatic nitrogens is 2. The molecule has 0 radical (unpaired) electrons. The molecule has 1 aromatic rings. The second-order valence-electron chi connectivity index (χ2n) is 7.51. The molecular formula is C17H27N3O4. The van der Waals surface area contributed by atoms with Gasteiger partial charge in [-0.1, -0.05) is 6.92 Å². The van der Waals surface area contributed by atoms with Gasteiger partial charge in [0.1, 0.15) is 5.60 Å². The van der Waals surface area contributed by atoms with Crippen LogP contribution in [0.3, 0.4) is 0 Å². The van der Waals surface area contributed by atoms with Crippen molar-refractivity contribution in [3.8, 4) is 0 Å². The molecule has 1 aliphatic rings. The van der Waals surface area contributed by atoms with E-state index < -0.39 is 23.1 Å². The molecule has 1 fully saturated rings. The number of piperidine rings is 1. The third-order valence-electron chi connectivity index (χ3n) is 4.66. The summed E-state index contributed by atoms with van der Waals surface area (Å²) in [6.07, 6.45) is 4.14. The highest BCUT2D eigenvalue weighted by Gasteiger charge is 2.50. The lowest BCUT2D eigenvalue weighted by Gasteiger charge is -2.45. The van der Waals surface area contributed by atoms with Gasteiger partial charge in [-0.25, -0.2) is 4.79 Å². The molecule has 2 atom stereocenters. The van der Waals surface area contributed by atoms with Crippen molar-refractivity contribution in [3.63, 3.8) is 0 Å². The fraction of sp³-hybridized carbons (Fsp3) is 0.706. The highest BCUT2D eigenvalue weighted by Crippen LogP contribution is 2.45. The summed E-state index contributed by atoms with van der Waals surface area (Å²) in [5, 5.41) is 14.1. The number of carbonyl (C=O) groups excluding carboxylic acids is 1. The Labute approximate surface area is 142 Å². The van der Waals surface area contributed by atoms with E-state index in [1.165, 1.54) is 4.90 Å². The molecule has 2 unspecified atom stereocenters. The van der Waals surface area contributed by atoms with Gasteiger partial charge in [0.25, 0.3) is 0 Å². The number of rotatable bonds is 3. The molecule has 0 spiro atoms. The largest absolute Gasteiger partial charge is 0.481 e. The second kappa shape index (κ2) is 6.45. The van der Waals surface area contributed by atoms with Crippen LogP contribution < -0.4 is 0 Å². The maximum atomic E-state index is 12.4.